The molecule has 2 heterocycles. The second-order valence-electron chi connectivity index (χ2n) is 6.21. The molecule has 1 amide bonds. The predicted octanol–water partition coefficient (Wildman–Crippen LogP) is 4.47. The van der Waals surface area contributed by atoms with Crippen molar-refractivity contribution >= 4 is 44.2 Å². The lowest BCUT2D eigenvalue weighted by atomic mass is 10.1. The summed E-state index contributed by atoms with van der Waals surface area (Å²) in [6.07, 6.45) is 0. The van der Waals surface area contributed by atoms with E-state index in [4.69, 9.17) is 25.8 Å². The van der Waals surface area contributed by atoms with Crippen molar-refractivity contribution in [2.45, 2.75) is 19.4 Å². The molecular weight excluding hydrogens is 376 g/mol. The molecule has 0 bridgehead atoms. The maximum atomic E-state index is 12.6. The SMILES string of the molecule is CC(C)(Oc1ccc(Cl)cc1)C(=O)Nc1nc2cc3c(cc2s1)OCO3. The van der Waals surface area contributed by atoms with E-state index in [1.54, 1.807) is 44.2 Å². The molecule has 0 saturated heterocycles. The summed E-state index contributed by atoms with van der Waals surface area (Å²) in [6, 6.07) is 10.5. The quantitative estimate of drug-likeness (QED) is 0.711. The molecule has 0 unspecified atom stereocenters. The molecule has 134 valence electrons. The van der Waals surface area contributed by atoms with Crippen LogP contribution in [0, 0.1) is 0 Å². The van der Waals surface area contributed by atoms with Crippen LogP contribution in [-0.4, -0.2) is 23.3 Å². The highest BCUT2D eigenvalue weighted by atomic mass is 35.5. The van der Waals surface area contributed by atoms with E-state index in [9.17, 15) is 4.79 Å². The molecule has 0 saturated carbocycles. The van der Waals surface area contributed by atoms with Crippen LogP contribution in [-0.2, 0) is 4.79 Å². The molecule has 0 atom stereocenters. The van der Waals surface area contributed by atoms with Crippen LogP contribution in [0.5, 0.6) is 17.2 Å². The second-order valence-corrected chi connectivity index (χ2v) is 7.68. The molecule has 2 aromatic carbocycles. The maximum Gasteiger partial charge on any atom is 0.269 e. The Morgan fingerprint density at radius 2 is 1.92 bits per heavy atom. The Morgan fingerprint density at radius 1 is 1.23 bits per heavy atom. The molecule has 1 aliphatic rings. The zero-order valence-corrected chi connectivity index (χ0v) is 15.6. The van der Waals surface area contributed by atoms with E-state index in [1.165, 1.54) is 11.3 Å². The van der Waals surface area contributed by atoms with Crippen LogP contribution in [0.25, 0.3) is 10.2 Å². The minimum Gasteiger partial charge on any atom is -0.478 e. The number of carbonyl (C=O) groups is 1. The van der Waals surface area contributed by atoms with Crippen molar-refractivity contribution in [1.82, 2.24) is 4.98 Å². The third-order valence-electron chi connectivity index (χ3n) is 3.84. The highest BCUT2D eigenvalue weighted by Crippen LogP contribution is 2.39. The summed E-state index contributed by atoms with van der Waals surface area (Å²) in [5, 5.41) is 3.91. The first kappa shape index (κ1) is 16.9. The molecular formula is C18H15ClN2O4S. The molecule has 0 aliphatic carbocycles. The molecule has 26 heavy (non-hydrogen) atoms. The van der Waals surface area contributed by atoms with E-state index in [0.717, 1.165) is 10.2 Å². The average molecular weight is 391 g/mol. The number of nitrogens with one attached hydrogen (secondary N) is 1. The van der Waals surface area contributed by atoms with Gasteiger partial charge in [0.05, 0.1) is 10.2 Å². The number of carbonyl (C=O) groups excluding carboxylic acids is 1. The van der Waals surface area contributed by atoms with Gasteiger partial charge in [-0.2, -0.15) is 0 Å². The number of ether oxygens (including phenoxy) is 3. The number of rotatable bonds is 4. The number of amides is 1. The third-order valence-corrected chi connectivity index (χ3v) is 5.02. The molecule has 8 heteroatoms. The van der Waals surface area contributed by atoms with Crippen molar-refractivity contribution in [1.29, 1.82) is 0 Å². The first-order valence-electron chi connectivity index (χ1n) is 7.87. The van der Waals surface area contributed by atoms with Crippen LogP contribution in [0.15, 0.2) is 36.4 Å². The number of nitrogens with zero attached hydrogens (tertiary/aromatic N) is 1. The lowest BCUT2D eigenvalue weighted by Gasteiger charge is -2.24. The van der Waals surface area contributed by atoms with E-state index in [2.05, 4.69) is 10.3 Å². The summed E-state index contributed by atoms with van der Waals surface area (Å²) in [5.41, 5.74) is -0.342. The van der Waals surface area contributed by atoms with E-state index in [1.807, 2.05) is 6.07 Å². The number of aromatic nitrogens is 1. The molecule has 1 aromatic heterocycles. The lowest BCUT2D eigenvalue weighted by molar-refractivity contribution is -0.128. The van der Waals surface area contributed by atoms with E-state index < -0.39 is 5.60 Å². The maximum absolute atomic E-state index is 12.6. The van der Waals surface area contributed by atoms with Crippen LogP contribution in [0.4, 0.5) is 5.13 Å². The van der Waals surface area contributed by atoms with Gasteiger partial charge in [-0.3, -0.25) is 10.1 Å². The van der Waals surface area contributed by atoms with E-state index in [0.29, 0.717) is 27.4 Å². The normalized spacial score (nSPS) is 13.0. The Hall–Kier alpha value is -2.51. The molecule has 4 rings (SSSR count). The number of thiazole rings is 1. The fourth-order valence-electron chi connectivity index (χ4n) is 2.46. The molecule has 0 spiro atoms. The van der Waals surface area contributed by atoms with Crippen molar-refractivity contribution in [3.63, 3.8) is 0 Å². The van der Waals surface area contributed by atoms with Crippen molar-refractivity contribution in [2.24, 2.45) is 0 Å². The van der Waals surface area contributed by atoms with Crippen molar-refractivity contribution in [3.05, 3.63) is 41.4 Å². The Labute approximate surface area is 158 Å². The van der Waals surface area contributed by atoms with Gasteiger partial charge in [0.25, 0.3) is 5.91 Å². The third kappa shape index (κ3) is 3.27. The monoisotopic (exact) mass is 390 g/mol. The first-order valence-corrected chi connectivity index (χ1v) is 9.06. The van der Waals surface area contributed by atoms with Gasteiger partial charge in [-0.1, -0.05) is 22.9 Å². The van der Waals surface area contributed by atoms with Gasteiger partial charge in [0.2, 0.25) is 6.79 Å². The van der Waals surface area contributed by atoms with Crippen LogP contribution in [0.1, 0.15) is 13.8 Å². The molecule has 3 aromatic rings. The van der Waals surface area contributed by atoms with Gasteiger partial charge in [0.1, 0.15) is 5.75 Å². The summed E-state index contributed by atoms with van der Waals surface area (Å²) in [7, 11) is 0. The van der Waals surface area contributed by atoms with Gasteiger partial charge < -0.3 is 14.2 Å². The second kappa shape index (κ2) is 6.34. The van der Waals surface area contributed by atoms with Gasteiger partial charge >= 0.3 is 0 Å². The standard InChI is InChI=1S/C18H15ClN2O4S/c1-18(2,25-11-5-3-10(19)4-6-11)16(22)21-17-20-12-7-13-14(24-9-23-13)8-15(12)26-17/h3-8H,9H2,1-2H3,(H,20,21,22). The van der Waals surface area contributed by atoms with Gasteiger partial charge in [-0.05, 0) is 38.1 Å². The van der Waals surface area contributed by atoms with Gasteiger partial charge in [0.15, 0.2) is 22.2 Å². The lowest BCUT2D eigenvalue weighted by Crippen LogP contribution is -2.42. The number of benzene rings is 2. The van der Waals surface area contributed by atoms with E-state index >= 15 is 0 Å². The summed E-state index contributed by atoms with van der Waals surface area (Å²) in [5.74, 6) is 1.61. The van der Waals surface area contributed by atoms with Crippen molar-refractivity contribution < 1.29 is 19.0 Å². The average Bonchev–Trinajstić information content (AvgIpc) is 3.19. The van der Waals surface area contributed by atoms with Crippen LogP contribution in [0.2, 0.25) is 5.02 Å². The fourth-order valence-corrected chi connectivity index (χ4v) is 3.46. The van der Waals surface area contributed by atoms with Gasteiger partial charge in [-0.15, -0.1) is 0 Å². The largest absolute Gasteiger partial charge is 0.478 e. The predicted molar refractivity (Wildman–Crippen MR) is 101 cm³/mol. The summed E-state index contributed by atoms with van der Waals surface area (Å²) in [4.78, 5) is 17.1. The Kier molecular flexibility index (Phi) is 4.13. The number of hydrogen-bond donors (Lipinski definition) is 1. The Balaban J connectivity index is 1.51. The number of halogens is 1. The topological polar surface area (TPSA) is 69.7 Å². The van der Waals surface area contributed by atoms with Crippen molar-refractivity contribution in [3.8, 4) is 17.2 Å². The van der Waals surface area contributed by atoms with Gasteiger partial charge in [0, 0.05) is 17.2 Å². The minimum absolute atomic E-state index is 0.215. The molecule has 1 aliphatic heterocycles. The van der Waals surface area contributed by atoms with Crippen molar-refractivity contribution in [2.75, 3.05) is 12.1 Å². The zero-order chi connectivity index (χ0) is 18.3. The van der Waals surface area contributed by atoms with E-state index in [-0.39, 0.29) is 12.7 Å². The number of anilines is 1. The number of hydrogen-bond acceptors (Lipinski definition) is 6. The summed E-state index contributed by atoms with van der Waals surface area (Å²) in [6.45, 7) is 3.60. The summed E-state index contributed by atoms with van der Waals surface area (Å²) < 4.78 is 17.4. The van der Waals surface area contributed by atoms with Crippen LogP contribution >= 0.6 is 22.9 Å². The fraction of sp³-hybridized carbons (Fsp3) is 0.222. The Morgan fingerprint density at radius 3 is 2.65 bits per heavy atom. The van der Waals surface area contributed by atoms with Gasteiger partial charge in [-0.25, -0.2) is 4.98 Å². The molecule has 1 N–H and O–H groups in total. The Bertz CT molecular complexity index is 944. The molecule has 0 fully saturated rings. The highest BCUT2D eigenvalue weighted by molar-refractivity contribution is 7.22. The number of fused-ring (bicyclic) bond motifs is 2. The smallest absolute Gasteiger partial charge is 0.269 e. The highest BCUT2D eigenvalue weighted by Gasteiger charge is 2.31. The molecule has 6 nitrogen and oxygen atoms in total. The minimum atomic E-state index is -1.08. The van der Waals surface area contributed by atoms with Crippen LogP contribution < -0.4 is 19.5 Å². The molecule has 0 radical (unpaired) electrons. The first-order chi connectivity index (χ1) is 12.4. The summed E-state index contributed by atoms with van der Waals surface area (Å²) >= 11 is 7.23. The zero-order valence-electron chi connectivity index (χ0n) is 14.0. The van der Waals surface area contributed by atoms with Crippen LogP contribution in [0.3, 0.4) is 0 Å².